The van der Waals surface area contributed by atoms with Crippen LogP contribution in [0.15, 0.2) is 0 Å². The lowest BCUT2D eigenvalue weighted by molar-refractivity contribution is 0.0354. The van der Waals surface area contributed by atoms with Gasteiger partial charge in [-0.2, -0.15) is 0 Å². The molecule has 2 atom stereocenters. The third-order valence-electron chi connectivity index (χ3n) is 5.46. The molecule has 0 aromatic rings. The maximum absolute atomic E-state index is 3.78. The molecule has 0 aromatic heterocycles. The normalized spacial score (nSPS) is 38.8. The molecule has 0 spiro atoms. The standard InChI is InChI=1S/C15H29N3/c1-2-15(7-5-8-16-15)13-17-10-11-18-9-4-3-6-14(18)12-17/h14,16H,2-13H2,1H3. The molecule has 0 bridgehead atoms. The van der Waals surface area contributed by atoms with E-state index in [1.807, 2.05) is 0 Å². The van der Waals surface area contributed by atoms with Crippen LogP contribution in [0.4, 0.5) is 0 Å². The summed E-state index contributed by atoms with van der Waals surface area (Å²) in [6.07, 6.45) is 8.36. The summed E-state index contributed by atoms with van der Waals surface area (Å²) in [5.74, 6) is 0. The maximum atomic E-state index is 3.78. The van der Waals surface area contributed by atoms with Gasteiger partial charge in [-0.15, -0.1) is 0 Å². The van der Waals surface area contributed by atoms with Crippen LogP contribution >= 0.6 is 0 Å². The van der Waals surface area contributed by atoms with E-state index in [4.69, 9.17) is 0 Å². The Kier molecular flexibility index (Phi) is 3.92. The molecule has 0 saturated carbocycles. The zero-order valence-corrected chi connectivity index (χ0v) is 12.0. The van der Waals surface area contributed by atoms with Crippen LogP contribution in [-0.2, 0) is 0 Å². The zero-order valence-electron chi connectivity index (χ0n) is 12.0. The number of piperazine rings is 1. The highest BCUT2D eigenvalue weighted by Gasteiger charge is 2.36. The molecule has 3 heterocycles. The SMILES string of the molecule is CCC1(CN2CCN3CCCCC3C2)CCCN1. The molecule has 1 N–H and O–H groups in total. The topological polar surface area (TPSA) is 18.5 Å². The van der Waals surface area contributed by atoms with Crippen molar-refractivity contribution in [1.82, 2.24) is 15.1 Å². The van der Waals surface area contributed by atoms with Crippen molar-refractivity contribution in [1.29, 1.82) is 0 Å². The molecule has 0 aromatic carbocycles. The summed E-state index contributed by atoms with van der Waals surface area (Å²) < 4.78 is 0. The van der Waals surface area contributed by atoms with Crippen molar-refractivity contribution in [2.75, 3.05) is 39.3 Å². The minimum atomic E-state index is 0.441. The third kappa shape index (κ3) is 2.59. The number of nitrogens with one attached hydrogen (secondary N) is 1. The molecule has 2 unspecified atom stereocenters. The summed E-state index contributed by atoms with van der Waals surface area (Å²) in [5.41, 5.74) is 0.441. The summed E-state index contributed by atoms with van der Waals surface area (Å²) in [4.78, 5) is 5.48. The molecule has 3 nitrogen and oxygen atoms in total. The Morgan fingerprint density at radius 1 is 1.17 bits per heavy atom. The van der Waals surface area contributed by atoms with Crippen molar-refractivity contribution in [3.63, 3.8) is 0 Å². The highest BCUT2D eigenvalue weighted by atomic mass is 15.3. The molecule has 3 heteroatoms. The van der Waals surface area contributed by atoms with Gasteiger partial charge in [0.1, 0.15) is 0 Å². The molecular weight excluding hydrogens is 222 g/mol. The van der Waals surface area contributed by atoms with Gasteiger partial charge in [-0.3, -0.25) is 9.80 Å². The fourth-order valence-electron chi connectivity index (χ4n) is 4.21. The molecule has 3 fully saturated rings. The second-order valence-electron chi connectivity index (χ2n) is 6.58. The largest absolute Gasteiger partial charge is 0.310 e. The lowest BCUT2D eigenvalue weighted by Gasteiger charge is -2.46. The predicted molar refractivity (Wildman–Crippen MR) is 75.9 cm³/mol. The Labute approximate surface area is 112 Å². The van der Waals surface area contributed by atoms with Gasteiger partial charge in [0.25, 0.3) is 0 Å². The molecule has 3 saturated heterocycles. The van der Waals surface area contributed by atoms with E-state index in [0.717, 1.165) is 6.04 Å². The van der Waals surface area contributed by atoms with Gasteiger partial charge >= 0.3 is 0 Å². The Bertz CT molecular complexity index is 273. The average molecular weight is 251 g/mol. The van der Waals surface area contributed by atoms with Crippen LogP contribution in [0.2, 0.25) is 0 Å². The van der Waals surface area contributed by atoms with Crippen molar-refractivity contribution in [3.05, 3.63) is 0 Å². The van der Waals surface area contributed by atoms with Crippen LogP contribution < -0.4 is 5.32 Å². The lowest BCUT2D eigenvalue weighted by atomic mass is 9.92. The van der Waals surface area contributed by atoms with Gasteiger partial charge in [0.15, 0.2) is 0 Å². The monoisotopic (exact) mass is 251 g/mol. The number of fused-ring (bicyclic) bond motifs is 1. The maximum Gasteiger partial charge on any atom is 0.0306 e. The van der Waals surface area contributed by atoms with Crippen molar-refractivity contribution < 1.29 is 0 Å². The first-order valence-corrected chi connectivity index (χ1v) is 8.03. The van der Waals surface area contributed by atoms with E-state index in [1.165, 1.54) is 77.8 Å². The van der Waals surface area contributed by atoms with Gasteiger partial charge in [-0.25, -0.2) is 0 Å². The summed E-state index contributed by atoms with van der Waals surface area (Å²) in [6.45, 7) is 10.2. The summed E-state index contributed by atoms with van der Waals surface area (Å²) in [7, 11) is 0. The average Bonchev–Trinajstić information content (AvgIpc) is 2.88. The molecule has 3 rings (SSSR count). The van der Waals surface area contributed by atoms with E-state index in [2.05, 4.69) is 22.0 Å². The van der Waals surface area contributed by atoms with Crippen molar-refractivity contribution in [3.8, 4) is 0 Å². The molecule has 0 amide bonds. The predicted octanol–water partition coefficient (Wildman–Crippen LogP) is 1.69. The van der Waals surface area contributed by atoms with E-state index in [-0.39, 0.29) is 0 Å². The van der Waals surface area contributed by atoms with E-state index >= 15 is 0 Å². The Morgan fingerprint density at radius 2 is 2.11 bits per heavy atom. The number of hydrogen-bond acceptors (Lipinski definition) is 3. The third-order valence-corrected chi connectivity index (χ3v) is 5.46. The quantitative estimate of drug-likeness (QED) is 0.823. The molecule has 3 aliphatic heterocycles. The van der Waals surface area contributed by atoms with Crippen LogP contribution in [0.3, 0.4) is 0 Å². The number of hydrogen-bond donors (Lipinski definition) is 1. The molecular formula is C15H29N3. The van der Waals surface area contributed by atoms with Crippen LogP contribution in [0.1, 0.15) is 45.4 Å². The summed E-state index contributed by atoms with van der Waals surface area (Å²) >= 11 is 0. The van der Waals surface area contributed by atoms with Crippen molar-refractivity contribution >= 4 is 0 Å². The zero-order chi connectivity index (χ0) is 12.4. The fraction of sp³-hybridized carbons (Fsp3) is 1.00. The van der Waals surface area contributed by atoms with Crippen LogP contribution in [-0.4, -0.2) is 60.6 Å². The van der Waals surface area contributed by atoms with E-state index in [0.29, 0.717) is 5.54 Å². The molecule has 0 aliphatic carbocycles. The fourth-order valence-corrected chi connectivity index (χ4v) is 4.21. The van der Waals surface area contributed by atoms with Gasteiger partial charge in [-0.05, 0) is 45.2 Å². The minimum Gasteiger partial charge on any atom is -0.310 e. The molecule has 0 radical (unpaired) electrons. The Morgan fingerprint density at radius 3 is 2.89 bits per heavy atom. The number of rotatable bonds is 3. The number of piperidine rings is 1. The first-order chi connectivity index (χ1) is 8.81. The van der Waals surface area contributed by atoms with Crippen LogP contribution in [0, 0.1) is 0 Å². The number of nitrogens with zero attached hydrogens (tertiary/aromatic N) is 2. The van der Waals surface area contributed by atoms with Gasteiger partial charge in [0, 0.05) is 37.8 Å². The lowest BCUT2D eigenvalue weighted by Crippen LogP contribution is -2.59. The first-order valence-electron chi connectivity index (χ1n) is 8.03. The second kappa shape index (κ2) is 5.48. The van der Waals surface area contributed by atoms with Crippen molar-refractivity contribution in [2.45, 2.75) is 57.0 Å². The Hall–Kier alpha value is -0.120. The first kappa shape index (κ1) is 12.9. The van der Waals surface area contributed by atoms with E-state index in [9.17, 15) is 0 Å². The Balaban J connectivity index is 1.57. The molecule has 104 valence electrons. The summed E-state index contributed by atoms with van der Waals surface area (Å²) in [5, 5.41) is 3.78. The van der Waals surface area contributed by atoms with Crippen molar-refractivity contribution in [2.24, 2.45) is 0 Å². The van der Waals surface area contributed by atoms with Gasteiger partial charge in [0.05, 0.1) is 0 Å². The summed E-state index contributed by atoms with van der Waals surface area (Å²) in [6, 6.07) is 0.864. The van der Waals surface area contributed by atoms with Crippen LogP contribution in [0.25, 0.3) is 0 Å². The van der Waals surface area contributed by atoms with E-state index < -0.39 is 0 Å². The molecule has 3 aliphatic rings. The van der Waals surface area contributed by atoms with Crippen LogP contribution in [0.5, 0.6) is 0 Å². The van der Waals surface area contributed by atoms with E-state index in [1.54, 1.807) is 0 Å². The minimum absolute atomic E-state index is 0.441. The highest BCUT2D eigenvalue weighted by molar-refractivity contribution is 4.96. The smallest absolute Gasteiger partial charge is 0.0306 e. The van der Waals surface area contributed by atoms with Gasteiger partial charge < -0.3 is 5.32 Å². The second-order valence-corrected chi connectivity index (χ2v) is 6.58. The van der Waals surface area contributed by atoms with Gasteiger partial charge in [-0.1, -0.05) is 13.3 Å². The van der Waals surface area contributed by atoms with Gasteiger partial charge in [0.2, 0.25) is 0 Å². The highest BCUT2D eigenvalue weighted by Crippen LogP contribution is 2.27. The molecule has 18 heavy (non-hydrogen) atoms.